The fraction of sp³-hybridized carbons (Fsp3) is 0.0968. The Kier molecular flexibility index (Phi) is 6.52. The van der Waals surface area contributed by atoms with Crippen LogP contribution in [0, 0.1) is 11.5 Å². The monoisotopic (exact) mass is 606 g/mol. The molecule has 10 heteroatoms. The molecule has 0 N–H and O–H groups in total. The summed E-state index contributed by atoms with van der Waals surface area (Å²) >= 11 is 6.51. The third kappa shape index (κ3) is 4.67. The number of hydrogen-bond acceptors (Lipinski definition) is 10. The Hall–Kier alpha value is -4.14. The van der Waals surface area contributed by atoms with E-state index in [-0.39, 0.29) is 0 Å². The molecule has 0 amide bonds. The van der Waals surface area contributed by atoms with E-state index < -0.39 is 0 Å². The summed E-state index contributed by atoms with van der Waals surface area (Å²) in [4.78, 5) is 13.2. The molecule has 2 aromatic carbocycles. The van der Waals surface area contributed by atoms with Crippen molar-refractivity contribution >= 4 is 77.5 Å². The number of nitriles is 1. The second-order valence-corrected chi connectivity index (χ2v) is 13.5. The number of aromatic nitrogens is 3. The fourth-order valence-electron chi connectivity index (χ4n) is 4.69. The highest BCUT2D eigenvalue weighted by Gasteiger charge is 2.19. The Morgan fingerprint density at radius 1 is 0.659 bits per heavy atom. The first-order valence-corrected chi connectivity index (χ1v) is 15.9. The molecule has 0 spiro atoms. The molecule has 0 radical (unpaired) electrons. The van der Waals surface area contributed by atoms with Crippen LogP contribution >= 0.6 is 45.7 Å². The summed E-state index contributed by atoms with van der Waals surface area (Å²) in [5.41, 5.74) is 8.02. The molecule has 0 atom stereocenters. The maximum absolute atomic E-state index is 9.13. The summed E-state index contributed by atoms with van der Waals surface area (Å²) in [6.45, 7) is 0. The van der Waals surface area contributed by atoms with Crippen molar-refractivity contribution in [2.75, 3.05) is 30.9 Å². The van der Waals surface area contributed by atoms with Crippen molar-refractivity contribution in [2.24, 2.45) is 0 Å². The van der Waals surface area contributed by atoms with E-state index in [0.29, 0.717) is 0 Å². The Labute approximate surface area is 253 Å². The summed E-state index contributed by atoms with van der Waals surface area (Å²) < 4.78 is 11.9. The average molecular weight is 607 g/mol. The van der Waals surface area contributed by atoms with Gasteiger partial charge in [0.25, 0.3) is 0 Å². The molecule has 41 heavy (non-hydrogen) atoms. The van der Waals surface area contributed by atoms with E-state index in [2.05, 4.69) is 78.1 Å². The van der Waals surface area contributed by atoms with Crippen molar-refractivity contribution in [3.05, 3.63) is 79.0 Å². The first-order chi connectivity index (χ1) is 20.0. The van der Waals surface area contributed by atoms with Gasteiger partial charge < -0.3 is 4.90 Å². The molecule has 0 saturated carbocycles. The van der Waals surface area contributed by atoms with Gasteiger partial charge in [0.1, 0.15) is 16.7 Å². The first-order valence-electron chi connectivity index (χ1n) is 12.8. The van der Waals surface area contributed by atoms with Crippen LogP contribution in [-0.2, 0) is 0 Å². The number of nitrogens with zero attached hydrogens (tertiary/aromatic N) is 6. The van der Waals surface area contributed by atoms with E-state index in [0.717, 1.165) is 48.2 Å². The van der Waals surface area contributed by atoms with E-state index in [9.17, 15) is 0 Å². The standard InChI is InChI=1S/C31H22N6S4/c1-36(2)20-8-4-19(5-9-20)25-14-27-28(39-25)15-26(40-27)22-16-33-30(31-29(22)34-41-35-31)24-13-12-23(38-24)18-6-10-21(11-7-18)37(3)17-32/h4-16H,1-3H3. The molecule has 0 aliphatic heterocycles. The highest BCUT2D eigenvalue weighted by molar-refractivity contribution is 7.31. The maximum atomic E-state index is 9.13. The molecule has 200 valence electrons. The Bertz CT molecular complexity index is 2020. The minimum absolute atomic E-state index is 0.838. The molecule has 5 aromatic heterocycles. The molecular weight excluding hydrogens is 585 g/mol. The van der Waals surface area contributed by atoms with Crippen LogP contribution in [0.4, 0.5) is 11.4 Å². The second kappa shape index (κ2) is 10.4. The lowest BCUT2D eigenvalue weighted by Gasteiger charge is -2.12. The third-order valence-corrected chi connectivity index (χ3v) is 11.0. The molecule has 7 aromatic rings. The Balaban J connectivity index is 1.19. The van der Waals surface area contributed by atoms with Crippen molar-refractivity contribution in [2.45, 2.75) is 0 Å². The molecule has 0 unspecified atom stereocenters. The molecule has 0 bridgehead atoms. The van der Waals surface area contributed by atoms with Gasteiger partial charge in [-0.05, 0) is 59.7 Å². The number of rotatable bonds is 6. The molecular formula is C31H22N6S4. The number of fused-ring (bicyclic) bond motifs is 2. The van der Waals surface area contributed by atoms with Gasteiger partial charge in [-0.1, -0.05) is 24.3 Å². The average Bonchev–Trinajstić information content (AvgIpc) is 3.80. The highest BCUT2D eigenvalue weighted by Crippen LogP contribution is 2.44. The van der Waals surface area contributed by atoms with E-state index in [4.69, 9.17) is 14.6 Å². The quantitative estimate of drug-likeness (QED) is 0.139. The summed E-state index contributed by atoms with van der Waals surface area (Å²) in [5.74, 6) is 0. The van der Waals surface area contributed by atoms with E-state index in [1.54, 1.807) is 34.6 Å². The van der Waals surface area contributed by atoms with Crippen LogP contribution in [0.15, 0.2) is 79.0 Å². The zero-order valence-corrected chi connectivity index (χ0v) is 25.6. The molecule has 0 aliphatic rings. The summed E-state index contributed by atoms with van der Waals surface area (Å²) in [6.07, 6.45) is 4.08. The lowest BCUT2D eigenvalue weighted by molar-refractivity contribution is 1.13. The number of pyridine rings is 1. The molecule has 6 nitrogen and oxygen atoms in total. The molecule has 7 rings (SSSR count). The zero-order chi connectivity index (χ0) is 28.1. The van der Waals surface area contributed by atoms with Crippen molar-refractivity contribution in [3.63, 3.8) is 0 Å². The maximum Gasteiger partial charge on any atom is 0.183 e. The smallest absolute Gasteiger partial charge is 0.183 e. The Morgan fingerprint density at radius 3 is 1.98 bits per heavy atom. The van der Waals surface area contributed by atoms with E-state index >= 15 is 0 Å². The van der Waals surface area contributed by atoms with Crippen LogP contribution < -0.4 is 9.80 Å². The van der Waals surface area contributed by atoms with Gasteiger partial charge in [0.05, 0.1) is 22.3 Å². The lowest BCUT2D eigenvalue weighted by Crippen LogP contribution is -2.07. The zero-order valence-electron chi connectivity index (χ0n) is 22.3. The highest BCUT2D eigenvalue weighted by atomic mass is 32.1. The molecule has 0 saturated heterocycles. The third-order valence-electron chi connectivity index (χ3n) is 6.96. The van der Waals surface area contributed by atoms with Crippen molar-refractivity contribution in [3.8, 4) is 48.1 Å². The van der Waals surface area contributed by atoms with E-state index in [1.165, 1.54) is 37.3 Å². The number of thiophene rings is 3. The largest absolute Gasteiger partial charge is 0.378 e. The Morgan fingerprint density at radius 2 is 1.27 bits per heavy atom. The van der Waals surface area contributed by atoms with Crippen molar-refractivity contribution < 1.29 is 0 Å². The topological polar surface area (TPSA) is 68.9 Å². The van der Waals surface area contributed by atoms with Crippen LogP contribution in [-0.4, -0.2) is 34.9 Å². The molecule has 5 heterocycles. The molecule has 0 aliphatic carbocycles. The summed E-state index contributed by atoms with van der Waals surface area (Å²) in [7, 11) is 5.87. The van der Waals surface area contributed by atoms with Crippen molar-refractivity contribution in [1.82, 2.24) is 13.7 Å². The minimum atomic E-state index is 0.838. The first kappa shape index (κ1) is 25.8. The lowest BCUT2D eigenvalue weighted by atomic mass is 10.1. The van der Waals surface area contributed by atoms with Gasteiger partial charge >= 0.3 is 0 Å². The van der Waals surface area contributed by atoms with Crippen molar-refractivity contribution in [1.29, 1.82) is 5.26 Å². The van der Waals surface area contributed by atoms with Crippen LogP contribution in [0.1, 0.15) is 0 Å². The van der Waals surface area contributed by atoms with Crippen LogP contribution in [0.25, 0.3) is 62.3 Å². The van der Waals surface area contributed by atoms with Crippen LogP contribution in [0.3, 0.4) is 0 Å². The fourth-order valence-corrected chi connectivity index (χ4v) is 8.68. The summed E-state index contributed by atoms with van der Waals surface area (Å²) in [6, 6.07) is 25.5. The normalized spacial score (nSPS) is 11.3. The van der Waals surface area contributed by atoms with Crippen LogP contribution in [0.2, 0.25) is 0 Å². The van der Waals surface area contributed by atoms with Gasteiger partial charge in [-0.25, -0.2) is 0 Å². The van der Waals surface area contributed by atoms with Gasteiger partial charge in [-0.15, -0.1) is 34.0 Å². The minimum Gasteiger partial charge on any atom is -0.378 e. The van der Waals surface area contributed by atoms with Gasteiger partial charge in [-0.3, -0.25) is 9.88 Å². The van der Waals surface area contributed by atoms with Gasteiger partial charge in [0, 0.05) is 62.6 Å². The van der Waals surface area contributed by atoms with E-state index in [1.807, 2.05) is 41.8 Å². The van der Waals surface area contributed by atoms with Gasteiger partial charge in [0.2, 0.25) is 0 Å². The summed E-state index contributed by atoms with van der Waals surface area (Å²) in [5, 5.41) is 9.13. The van der Waals surface area contributed by atoms with Gasteiger partial charge in [0.15, 0.2) is 6.19 Å². The number of anilines is 2. The number of benzene rings is 2. The van der Waals surface area contributed by atoms with Crippen LogP contribution in [0.5, 0.6) is 0 Å². The van der Waals surface area contributed by atoms with Gasteiger partial charge in [-0.2, -0.15) is 14.0 Å². The SMILES string of the molecule is CN(C)c1ccc(-c2cc3sc(-c4cnc(-c5ccc(-c6ccc(N(C)C#N)cc6)s5)c5nsnc45)cc3s2)cc1. The molecule has 0 fully saturated rings. The predicted octanol–water partition coefficient (Wildman–Crippen LogP) is 9.08. The second-order valence-electron chi connectivity index (χ2n) is 9.74. The number of hydrogen-bond donors (Lipinski definition) is 0. The predicted molar refractivity (Wildman–Crippen MR) is 176 cm³/mol.